The Labute approximate surface area is 111 Å². The lowest BCUT2D eigenvalue weighted by Crippen LogP contribution is -2.31. The van der Waals surface area contributed by atoms with Crippen molar-refractivity contribution in [2.24, 2.45) is 0 Å². The van der Waals surface area contributed by atoms with Crippen molar-refractivity contribution in [1.29, 1.82) is 0 Å². The first-order valence-corrected chi connectivity index (χ1v) is 6.35. The van der Waals surface area contributed by atoms with Gasteiger partial charge in [-0.25, -0.2) is 4.39 Å². The SMILES string of the molecule is COCCOCC(=O)NC1CCc2cc(F)ccc21. The predicted molar refractivity (Wildman–Crippen MR) is 68.3 cm³/mol. The number of methoxy groups -OCH3 is 1. The maximum absolute atomic E-state index is 13.1. The molecule has 0 aliphatic heterocycles. The third-order valence-electron chi connectivity index (χ3n) is 3.18. The van der Waals surface area contributed by atoms with E-state index < -0.39 is 0 Å². The van der Waals surface area contributed by atoms with Gasteiger partial charge in [-0.2, -0.15) is 0 Å². The van der Waals surface area contributed by atoms with Crippen molar-refractivity contribution in [3.05, 3.63) is 35.1 Å². The van der Waals surface area contributed by atoms with Gasteiger partial charge in [0.2, 0.25) is 5.91 Å². The third kappa shape index (κ3) is 3.75. The van der Waals surface area contributed by atoms with Gasteiger partial charge in [-0.15, -0.1) is 0 Å². The van der Waals surface area contributed by atoms with Crippen LogP contribution in [0.1, 0.15) is 23.6 Å². The van der Waals surface area contributed by atoms with E-state index in [-0.39, 0.29) is 24.4 Å². The molecule has 0 radical (unpaired) electrons. The largest absolute Gasteiger partial charge is 0.382 e. The fraction of sp³-hybridized carbons (Fsp3) is 0.500. The van der Waals surface area contributed by atoms with E-state index >= 15 is 0 Å². The van der Waals surface area contributed by atoms with E-state index in [4.69, 9.17) is 9.47 Å². The number of nitrogens with one attached hydrogen (secondary N) is 1. The first-order chi connectivity index (χ1) is 9.20. The molecule has 2 rings (SSSR count). The fourth-order valence-electron chi connectivity index (χ4n) is 2.28. The fourth-order valence-corrected chi connectivity index (χ4v) is 2.28. The highest BCUT2D eigenvalue weighted by molar-refractivity contribution is 5.77. The Balaban J connectivity index is 1.83. The van der Waals surface area contributed by atoms with Crippen molar-refractivity contribution >= 4 is 5.91 Å². The predicted octanol–water partition coefficient (Wildman–Crippen LogP) is 1.59. The van der Waals surface area contributed by atoms with E-state index in [2.05, 4.69) is 5.32 Å². The van der Waals surface area contributed by atoms with Gasteiger partial charge in [-0.1, -0.05) is 6.07 Å². The van der Waals surface area contributed by atoms with Crippen LogP contribution in [0.2, 0.25) is 0 Å². The van der Waals surface area contributed by atoms with Crippen LogP contribution in [-0.2, 0) is 20.7 Å². The van der Waals surface area contributed by atoms with E-state index in [1.165, 1.54) is 12.1 Å². The molecule has 1 amide bonds. The number of hydrogen-bond acceptors (Lipinski definition) is 3. The number of ether oxygens (including phenoxy) is 2. The van der Waals surface area contributed by atoms with Gasteiger partial charge in [0.05, 0.1) is 19.3 Å². The summed E-state index contributed by atoms with van der Waals surface area (Å²) in [4.78, 5) is 11.7. The standard InChI is InChI=1S/C14H18FNO3/c1-18-6-7-19-9-14(17)16-13-5-2-10-8-11(15)3-4-12(10)13/h3-4,8,13H,2,5-7,9H2,1H3,(H,16,17). The number of amides is 1. The molecule has 1 N–H and O–H groups in total. The molecule has 1 unspecified atom stereocenters. The average molecular weight is 267 g/mol. The molecule has 1 aliphatic rings. The lowest BCUT2D eigenvalue weighted by Gasteiger charge is -2.14. The molecule has 0 saturated carbocycles. The summed E-state index contributed by atoms with van der Waals surface area (Å²) in [5.41, 5.74) is 1.98. The zero-order chi connectivity index (χ0) is 13.7. The molecule has 0 bridgehead atoms. The number of carbonyl (C=O) groups excluding carboxylic acids is 1. The van der Waals surface area contributed by atoms with Crippen LogP contribution in [0, 0.1) is 5.82 Å². The van der Waals surface area contributed by atoms with Crippen LogP contribution in [0.15, 0.2) is 18.2 Å². The van der Waals surface area contributed by atoms with Crippen LogP contribution in [0.4, 0.5) is 4.39 Å². The van der Waals surface area contributed by atoms with Crippen molar-refractivity contribution < 1.29 is 18.7 Å². The quantitative estimate of drug-likeness (QED) is 0.796. The summed E-state index contributed by atoms with van der Waals surface area (Å²) in [6, 6.07) is 4.68. The van der Waals surface area contributed by atoms with Gasteiger partial charge in [0.1, 0.15) is 12.4 Å². The number of halogens is 1. The van der Waals surface area contributed by atoms with Gasteiger partial charge in [-0.3, -0.25) is 4.79 Å². The topological polar surface area (TPSA) is 47.6 Å². The van der Waals surface area contributed by atoms with Crippen molar-refractivity contribution in [1.82, 2.24) is 5.32 Å². The summed E-state index contributed by atoms with van der Waals surface area (Å²) in [7, 11) is 1.58. The van der Waals surface area contributed by atoms with Crippen LogP contribution in [0.25, 0.3) is 0 Å². The summed E-state index contributed by atoms with van der Waals surface area (Å²) in [6.07, 6.45) is 1.60. The molecule has 4 nitrogen and oxygen atoms in total. The zero-order valence-corrected chi connectivity index (χ0v) is 10.9. The van der Waals surface area contributed by atoms with Crippen LogP contribution >= 0.6 is 0 Å². The van der Waals surface area contributed by atoms with Crippen molar-refractivity contribution in [3.63, 3.8) is 0 Å². The number of rotatable bonds is 6. The maximum Gasteiger partial charge on any atom is 0.246 e. The van der Waals surface area contributed by atoms with Gasteiger partial charge in [-0.05, 0) is 36.1 Å². The molecule has 5 heteroatoms. The van der Waals surface area contributed by atoms with Crippen LogP contribution in [0.3, 0.4) is 0 Å². The van der Waals surface area contributed by atoms with Crippen LogP contribution in [-0.4, -0.2) is 32.8 Å². The molecule has 0 fully saturated rings. The Morgan fingerprint density at radius 1 is 1.47 bits per heavy atom. The zero-order valence-electron chi connectivity index (χ0n) is 10.9. The highest BCUT2D eigenvalue weighted by atomic mass is 19.1. The van der Waals surface area contributed by atoms with Crippen molar-refractivity contribution in [2.75, 3.05) is 26.9 Å². The van der Waals surface area contributed by atoms with E-state index in [1.54, 1.807) is 13.2 Å². The molecule has 1 aliphatic carbocycles. The second-order valence-corrected chi connectivity index (χ2v) is 4.55. The molecule has 1 aromatic rings. The van der Waals surface area contributed by atoms with Crippen LogP contribution in [0.5, 0.6) is 0 Å². The maximum atomic E-state index is 13.1. The summed E-state index contributed by atoms with van der Waals surface area (Å²) in [5.74, 6) is -0.382. The van der Waals surface area contributed by atoms with E-state index in [0.29, 0.717) is 13.2 Å². The first-order valence-electron chi connectivity index (χ1n) is 6.35. The highest BCUT2D eigenvalue weighted by Crippen LogP contribution is 2.31. The Bertz CT molecular complexity index is 450. The number of hydrogen-bond donors (Lipinski definition) is 1. The molecule has 1 atom stereocenters. The minimum atomic E-state index is -0.228. The number of aryl methyl sites for hydroxylation is 1. The lowest BCUT2D eigenvalue weighted by molar-refractivity contribution is -0.126. The number of fused-ring (bicyclic) bond motifs is 1. The van der Waals surface area contributed by atoms with Gasteiger partial charge >= 0.3 is 0 Å². The molecule has 0 spiro atoms. The summed E-state index contributed by atoms with van der Waals surface area (Å²) in [5, 5.41) is 2.90. The Morgan fingerprint density at radius 2 is 2.32 bits per heavy atom. The summed E-state index contributed by atoms with van der Waals surface area (Å²) >= 11 is 0. The molecule has 0 saturated heterocycles. The molecule has 19 heavy (non-hydrogen) atoms. The van der Waals surface area contributed by atoms with E-state index in [0.717, 1.165) is 24.0 Å². The average Bonchev–Trinajstić information content (AvgIpc) is 2.77. The number of carbonyl (C=O) groups is 1. The summed E-state index contributed by atoms with van der Waals surface area (Å²) in [6.45, 7) is 0.894. The monoisotopic (exact) mass is 267 g/mol. The van der Waals surface area contributed by atoms with Crippen molar-refractivity contribution in [2.45, 2.75) is 18.9 Å². The third-order valence-corrected chi connectivity index (χ3v) is 3.18. The summed E-state index contributed by atoms with van der Waals surface area (Å²) < 4.78 is 23.1. The minimum absolute atomic E-state index is 0.0242. The highest BCUT2D eigenvalue weighted by Gasteiger charge is 2.24. The normalized spacial score (nSPS) is 17.3. The van der Waals surface area contributed by atoms with E-state index in [9.17, 15) is 9.18 Å². The molecule has 104 valence electrons. The smallest absolute Gasteiger partial charge is 0.246 e. The first kappa shape index (κ1) is 14.0. The van der Waals surface area contributed by atoms with Gasteiger partial charge < -0.3 is 14.8 Å². The second kappa shape index (κ2) is 6.63. The molecular formula is C14H18FNO3. The Kier molecular flexibility index (Phi) is 4.87. The molecule has 0 heterocycles. The van der Waals surface area contributed by atoms with Gasteiger partial charge in [0, 0.05) is 7.11 Å². The van der Waals surface area contributed by atoms with Crippen molar-refractivity contribution in [3.8, 4) is 0 Å². The van der Waals surface area contributed by atoms with Gasteiger partial charge in [0.25, 0.3) is 0 Å². The van der Waals surface area contributed by atoms with Crippen LogP contribution < -0.4 is 5.32 Å². The molecular weight excluding hydrogens is 249 g/mol. The lowest BCUT2D eigenvalue weighted by atomic mass is 10.1. The van der Waals surface area contributed by atoms with Gasteiger partial charge in [0.15, 0.2) is 0 Å². The Morgan fingerprint density at radius 3 is 3.11 bits per heavy atom. The Hall–Kier alpha value is -1.46. The van der Waals surface area contributed by atoms with E-state index in [1.807, 2.05) is 0 Å². The number of benzene rings is 1. The molecule has 1 aromatic carbocycles. The minimum Gasteiger partial charge on any atom is -0.382 e. The second-order valence-electron chi connectivity index (χ2n) is 4.55. The molecule has 0 aromatic heterocycles.